The third-order valence-electron chi connectivity index (χ3n) is 12.3. The fraction of sp³-hybridized carbons (Fsp3) is 0.697. The average Bonchev–Trinajstić information content (AvgIpc) is 3.37. The summed E-state index contributed by atoms with van der Waals surface area (Å²) in [4.78, 5) is 41.6. The number of ketones is 2. The van der Waals surface area contributed by atoms with Crippen molar-refractivity contribution in [3.8, 4) is 6.07 Å². The number of ether oxygens (including phenoxy) is 1. The third-order valence-corrected chi connectivity index (χ3v) is 12.3. The lowest BCUT2D eigenvalue weighted by molar-refractivity contribution is -0.178. The summed E-state index contributed by atoms with van der Waals surface area (Å²) in [5, 5.41) is 18.4. The topological polar surface area (TPSA) is 123 Å². The molecule has 3 saturated carbocycles. The first kappa shape index (κ1) is 28.1. The fourth-order valence-electron chi connectivity index (χ4n) is 10.3. The highest BCUT2D eigenvalue weighted by atomic mass is 16.5. The second-order valence-corrected chi connectivity index (χ2v) is 14.9. The van der Waals surface area contributed by atoms with E-state index in [1.807, 2.05) is 19.1 Å². The van der Waals surface area contributed by atoms with E-state index in [2.05, 4.69) is 44.0 Å². The van der Waals surface area contributed by atoms with Crippen LogP contribution >= 0.6 is 0 Å². The minimum Gasteiger partial charge on any atom is -0.469 e. The van der Waals surface area contributed by atoms with Crippen LogP contribution in [0, 0.1) is 63.6 Å². The number of aryl methyl sites for hydroxylation is 1. The van der Waals surface area contributed by atoms with Gasteiger partial charge in [0.05, 0.1) is 18.1 Å². The summed E-state index contributed by atoms with van der Waals surface area (Å²) < 4.78 is 11.3. The largest absolute Gasteiger partial charge is 0.469 e. The SMILES string of the molecule is COC(=O)C12CCC3C(C(=O)C=C4C5(C)C=C(C#N)C(=O)[C@@](C)(c6nnc(C)o6)C5CCC43C)C1CC(C)(C)CC2. The van der Waals surface area contributed by atoms with Crippen LogP contribution in [0.15, 0.2) is 27.7 Å². The molecule has 1 aromatic heterocycles. The molecule has 6 rings (SSSR count). The van der Waals surface area contributed by atoms with Crippen LogP contribution in [0.25, 0.3) is 0 Å². The van der Waals surface area contributed by atoms with Crippen LogP contribution in [0.4, 0.5) is 0 Å². The molecule has 0 amide bonds. The third kappa shape index (κ3) is 3.53. The lowest BCUT2D eigenvalue weighted by atomic mass is 9.38. The van der Waals surface area contributed by atoms with Crippen molar-refractivity contribution in [2.75, 3.05) is 7.11 Å². The van der Waals surface area contributed by atoms with Gasteiger partial charge in [-0.1, -0.05) is 39.3 Å². The van der Waals surface area contributed by atoms with Crippen LogP contribution in [0.2, 0.25) is 0 Å². The van der Waals surface area contributed by atoms with E-state index in [1.165, 1.54) is 7.11 Å². The zero-order valence-electron chi connectivity index (χ0n) is 25.3. The molecule has 3 fully saturated rings. The number of aromatic nitrogens is 2. The Kier molecular flexibility index (Phi) is 5.97. The summed E-state index contributed by atoms with van der Waals surface area (Å²) >= 11 is 0. The number of hydrogen-bond acceptors (Lipinski definition) is 8. The van der Waals surface area contributed by atoms with Gasteiger partial charge in [0.1, 0.15) is 11.5 Å². The average molecular weight is 560 g/mol. The van der Waals surface area contributed by atoms with Gasteiger partial charge in [0.2, 0.25) is 11.8 Å². The molecule has 0 aromatic carbocycles. The molecule has 0 bridgehead atoms. The van der Waals surface area contributed by atoms with Crippen LogP contribution in [0.5, 0.6) is 0 Å². The fourth-order valence-corrected chi connectivity index (χ4v) is 10.3. The van der Waals surface area contributed by atoms with Crippen molar-refractivity contribution in [2.24, 2.45) is 45.3 Å². The highest BCUT2D eigenvalue weighted by molar-refractivity contribution is 6.07. The van der Waals surface area contributed by atoms with Gasteiger partial charge in [-0.25, -0.2) is 0 Å². The second kappa shape index (κ2) is 8.72. The molecular formula is C33H41N3O5. The molecule has 0 radical (unpaired) electrons. The van der Waals surface area contributed by atoms with Gasteiger partial charge in [0.25, 0.3) is 0 Å². The molecule has 1 aromatic rings. The smallest absolute Gasteiger partial charge is 0.312 e. The number of esters is 1. The number of carbonyl (C=O) groups is 3. The van der Waals surface area contributed by atoms with Gasteiger partial charge < -0.3 is 9.15 Å². The van der Waals surface area contributed by atoms with E-state index in [0.29, 0.717) is 18.7 Å². The second-order valence-electron chi connectivity index (χ2n) is 14.9. The van der Waals surface area contributed by atoms with Crippen molar-refractivity contribution in [1.29, 1.82) is 5.26 Å². The number of allylic oxidation sites excluding steroid dienone is 4. The van der Waals surface area contributed by atoms with Crippen LogP contribution < -0.4 is 0 Å². The molecule has 5 aliphatic carbocycles. The van der Waals surface area contributed by atoms with Crippen molar-refractivity contribution in [1.82, 2.24) is 10.2 Å². The highest BCUT2D eigenvalue weighted by Gasteiger charge is 2.68. The molecule has 5 aliphatic rings. The van der Waals surface area contributed by atoms with Crippen molar-refractivity contribution >= 4 is 17.5 Å². The lowest BCUT2D eigenvalue weighted by Crippen LogP contribution is -2.62. The van der Waals surface area contributed by atoms with E-state index in [-0.39, 0.29) is 63.5 Å². The number of methoxy groups -OCH3 is 1. The molecule has 0 N–H and O–H groups in total. The van der Waals surface area contributed by atoms with Gasteiger partial charge in [-0.05, 0) is 86.5 Å². The van der Waals surface area contributed by atoms with Gasteiger partial charge in [0, 0.05) is 18.3 Å². The predicted octanol–water partition coefficient (Wildman–Crippen LogP) is 5.61. The van der Waals surface area contributed by atoms with Crippen molar-refractivity contribution in [2.45, 2.75) is 91.9 Å². The summed E-state index contributed by atoms with van der Waals surface area (Å²) in [6, 6.07) is 2.15. The summed E-state index contributed by atoms with van der Waals surface area (Å²) in [5.41, 5.74) is -1.75. The van der Waals surface area contributed by atoms with E-state index in [4.69, 9.17) is 9.15 Å². The van der Waals surface area contributed by atoms with Gasteiger partial charge in [0.15, 0.2) is 11.6 Å². The number of nitriles is 1. The summed E-state index contributed by atoms with van der Waals surface area (Å²) in [6.45, 7) is 12.3. The van der Waals surface area contributed by atoms with E-state index >= 15 is 0 Å². The Bertz CT molecular complexity index is 1460. The zero-order chi connectivity index (χ0) is 29.8. The Labute approximate surface area is 242 Å². The van der Waals surface area contributed by atoms with E-state index in [0.717, 1.165) is 37.7 Å². The molecule has 8 nitrogen and oxygen atoms in total. The molecule has 0 spiro atoms. The summed E-state index contributed by atoms with van der Waals surface area (Å²) in [5.74, 6) is -0.331. The van der Waals surface area contributed by atoms with Gasteiger partial charge >= 0.3 is 5.97 Å². The van der Waals surface area contributed by atoms with Gasteiger partial charge in [-0.3, -0.25) is 14.4 Å². The van der Waals surface area contributed by atoms with Crippen molar-refractivity contribution in [3.63, 3.8) is 0 Å². The van der Waals surface area contributed by atoms with Crippen LogP contribution in [-0.4, -0.2) is 34.8 Å². The van der Waals surface area contributed by atoms with Crippen LogP contribution in [-0.2, 0) is 24.5 Å². The predicted molar refractivity (Wildman–Crippen MR) is 149 cm³/mol. The molecule has 41 heavy (non-hydrogen) atoms. The lowest BCUT2D eigenvalue weighted by Gasteiger charge is -2.64. The van der Waals surface area contributed by atoms with Crippen molar-refractivity contribution in [3.05, 3.63) is 35.1 Å². The van der Waals surface area contributed by atoms with Gasteiger partial charge in [-0.15, -0.1) is 10.2 Å². The Morgan fingerprint density at radius 2 is 1.78 bits per heavy atom. The Morgan fingerprint density at radius 1 is 1.05 bits per heavy atom. The molecule has 218 valence electrons. The van der Waals surface area contributed by atoms with E-state index < -0.39 is 16.2 Å². The Balaban J connectivity index is 1.51. The summed E-state index contributed by atoms with van der Waals surface area (Å²) in [7, 11) is 1.47. The first-order chi connectivity index (χ1) is 19.2. The highest BCUT2D eigenvalue weighted by Crippen LogP contribution is 2.70. The van der Waals surface area contributed by atoms with Crippen molar-refractivity contribution < 1.29 is 23.5 Å². The number of hydrogen-bond donors (Lipinski definition) is 0. The number of nitrogens with zero attached hydrogens (tertiary/aromatic N) is 3. The normalized spacial score (nSPS) is 42.9. The number of carbonyl (C=O) groups excluding carboxylic acids is 3. The number of fused-ring (bicyclic) bond motifs is 7. The molecule has 0 aliphatic heterocycles. The molecule has 1 heterocycles. The first-order valence-electron chi connectivity index (χ1n) is 15.0. The molecule has 8 heteroatoms. The van der Waals surface area contributed by atoms with Crippen LogP contribution in [0.3, 0.4) is 0 Å². The molecule has 8 atom stereocenters. The monoisotopic (exact) mass is 559 g/mol. The maximum Gasteiger partial charge on any atom is 0.312 e. The number of Topliss-reactive ketones (excluding diaryl/α,β-unsaturated/α-hetero) is 1. The van der Waals surface area contributed by atoms with Crippen LogP contribution in [0.1, 0.15) is 91.3 Å². The standard InChI is InChI=1S/C33H41N3O5/c1-18-35-36-27(41-18)32(6)23-9-10-30(4)20-8-11-33(28(39)40-7)13-12-29(2,3)16-21(33)25(20)22(37)14-24(30)31(23,5)15-19(17-34)26(32)38/h14-15,20-21,23,25H,8-13,16H2,1-7H3/t20?,21?,23?,25?,30?,31?,32-,33?/m0/s1. The minimum absolute atomic E-state index is 0.0388. The zero-order valence-corrected chi connectivity index (χ0v) is 25.3. The van der Waals surface area contributed by atoms with E-state index in [9.17, 15) is 19.6 Å². The quantitative estimate of drug-likeness (QED) is 0.428. The Morgan fingerprint density at radius 3 is 2.41 bits per heavy atom. The minimum atomic E-state index is -1.18. The summed E-state index contributed by atoms with van der Waals surface area (Å²) in [6.07, 6.45) is 9.13. The first-order valence-corrected chi connectivity index (χ1v) is 15.0. The molecule has 7 unspecified atom stereocenters. The maximum absolute atomic E-state index is 14.4. The maximum atomic E-state index is 14.4. The Hall–Kier alpha value is -3.08. The molecular weight excluding hydrogens is 518 g/mol. The van der Waals surface area contributed by atoms with Gasteiger partial charge in [-0.2, -0.15) is 5.26 Å². The number of rotatable bonds is 2. The molecule has 0 saturated heterocycles. The van der Waals surface area contributed by atoms with E-state index in [1.54, 1.807) is 6.92 Å².